The van der Waals surface area contributed by atoms with Gasteiger partial charge in [-0.25, -0.2) is 4.79 Å². The van der Waals surface area contributed by atoms with Gasteiger partial charge in [0.1, 0.15) is 11.3 Å². The Morgan fingerprint density at radius 2 is 1.85 bits per heavy atom. The van der Waals surface area contributed by atoms with Crippen LogP contribution in [0.5, 0.6) is 0 Å². The largest absolute Gasteiger partial charge is 0.500 e. The fourth-order valence-corrected chi connectivity index (χ4v) is 2.67. The minimum atomic E-state index is -1.19. The van der Waals surface area contributed by atoms with Crippen LogP contribution in [-0.4, -0.2) is 34.0 Å². The molecule has 0 bridgehead atoms. The number of hydrogen-bond acceptors (Lipinski definition) is 6. The first-order valence-corrected chi connectivity index (χ1v) is 7.91. The lowest BCUT2D eigenvalue weighted by Crippen LogP contribution is -2.12. The molecule has 0 aliphatic carbocycles. The maximum Gasteiger partial charge on any atom is 0.339 e. The monoisotopic (exact) mass is 370 g/mol. The van der Waals surface area contributed by atoms with Crippen molar-refractivity contribution in [3.8, 4) is 0 Å². The molecule has 2 aromatic carbocycles. The minimum absolute atomic E-state index is 0.0618. The number of nitrogens with zero attached hydrogens (tertiary/aromatic N) is 2. The lowest BCUT2D eigenvalue weighted by Gasteiger charge is -2.14. The van der Waals surface area contributed by atoms with Crippen LogP contribution in [0, 0.1) is 10.1 Å². The lowest BCUT2D eigenvalue weighted by atomic mass is 9.93. The van der Waals surface area contributed by atoms with Crippen molar-refractivity contribution in [1.29, 1.82) is 0 Å². The smallest absolute Gasteiger partial charge is 0.339 e. The quantitative estimate of drug-likeness (QED) is 0.192. The number of rotatable bonds is 7. The van der Waals surface area contributed by atoms with Crippen LogP contribution in [0.1, 0.15) is 23.6 Å². The number of oxime groups is 1. The molecule has 27 heavy (non-hydrogen) atoms. The molecule has 0 aliphatic rings. The number of aliphatic carboxylic acids is 1. The van der Waals surface area contributed by atoms with Crippen LogP contribution < -0.4 is 0 Å². The summed E-state index contributed by atoms with van der Waals surface area (Å²) in [6, 6.07) is 12.5. The highest BCUT2D eigenvalue weighted by molar-refractivity contribution is 6.19. The van der Waals surface area contributed by atoms with E-state index in [4.69, 9.17) is 4.74 Å². The highest BCUT2D eigenvalue weighted by Gasteiger charge is 2.21. The van der Waals surface area contributed by atoms with E-state index in [0.29, 0.717) is 16.7 Å². The maximum absolute atomic E-state index is 11.7. The molecule has 0 radical (unpaired) electrons. The number of methoxy groups -OCH3 is 1. The fraction of sp³-hybridized carbons (Fsp3) is 0.158. The number of nitro groups is 1. The molecule has 2 rings (SSSR count). The molecule has 2 N–H and O–H groups in total. The standard InChI is InChI=1S/C19H18N2O6/c1-12(27-2)18(19(22)23)16-9-4-3-8-15(16)17(20-24)11-13-6-5-7-14(10-13)21(25)26/h3-10,24H,11H2,1-2H3,(H,22,23). The number of nitro benzene ring substituents is 1. The molecule has 0 spiro atoms. The summed E-state index contributed by atoms with van der Waals surface area (Å²) >= 11 is 0. The predicted octanol–water partition coefficient (Wildman–Crippen LogP) is 3.48. The van der Waals surface area contributed by atoms with Gasteiger partial charge in [-0.2, -0.15) is 0 Å². The van der Waals surface area contributed by atoms with Gasteiger partial charge in [0.2, 0.25) is 0 Å². The topological polar surface area (TPSA) is 122 Å². The van der Waals surface area contributed by atoms with Crippen molar-refractivity contribution in [2.45, 2.75) is 13.3 Å². The molecule has 8 heteroatoms. The summed E-state index contributed by atoms with van der Waals surface area (Å²) in [5.41, 5.74) is 1.29. The third kappa shape index (κ3) is 4.49. The molecule has 0 amide bonds. The van der Waals surface area contributed by atoms with E-state index in [1.54, 1.807) is 30.3 Å². The molecule has 0 heterocycles. The predicted molar refractivity (Wildman–Crippen MR) is 98.8 cm³/mol. The van der Waals surface area contributed by atoms with E-state index in [0.717, 1.165) is 0 Å². The summed E-state index contributed by atoms with van der Waals surface area (Å²) < 4.78 is 5.08. The highest BCUT2D eigenvalue weighted by Crippen LogP contribution is 2.25. The molecule has 2 aromatic rings. The van der Waals surface area contributed by atoms with Gasteiger partial charge in [-0.3, -0.25) is 10.1 Å². The van der Waals surface area contributed by atoms with E-state index in [1.807, 2.05) is 0 Å². The summed E-state index contributed by atoms with van der Waals surface area (Å²) in [5.74, 6) is -0.989. The summed E-state index contributed by atoms with van der Waals surface area (Å²) in [6.45, 7) is 1.52. The molecule has 0 saturated carbocycles. The van der Waals surface area contributed by atoms with Gasteiger partial charge < -0.3 is 15.1 Å². The summed E-state index contributed by atoms with van der Waals surface area (Å²) in [4.78, 5) is 22.2. The third-order valence-electron chi connectivity index (χ3n) is 3.99. The Kier molecular flexibility index (Phi) is 6.27. The van der Waals surface area contributed by atoms with Gasteiger partial charge in [0.15, 0.2) is 0 Å². The number of carbonyl (C=O) groups is 1. The first-order valence-electron chi connectivity index (χ1n) is 7.91. The van der Waals surface area contributed by atoms with Gasteiger partial charge in [0.05, 0.1) is 17.7 Å². The molecule has 0 fully saturated rings. The van der Waals surface area contributed by atoms with Gasteiger partial charge in [0, 0.05) is 29.7 Å². The van der Waals surface area contributed by atoms with E-state index < -0.39 is 10.9 Å². The van der Waals surface area contributed by atoms with Crippen LogP contribution in [-0.2, 0) is 16.0 Å². The zero-order valence-corrected chi connectivity index (χ0v) is 14.7. The Hall–Kier alpha value is -3.68. The third-order valence-corrected chi connectivity index (χ3v) is 3.99. The van der Waals surface area contributed by atoms with Crippen LogP contribution in [0.2, 0.25) is 0 Å². The van der Waals surface area contributed by atoms with Crippen molar-refractivity contribution in [2.75, 3.05) is 7.11 Å². The highest BCUT2D eigenvalue weighted by atomic mass is 16.6. The van der Waals surface area contributed by atoms with Crippen LogP contribution in [0.4, 0.5) is 5.69 Å². The van der Waals surface area contributed by atoms with E-state index in [1.165, 1.54) is 32.2 Å². The van der Waals surface area contributed by atoms with Crippen molar-refractivity contribution in [2.24, 2.45) is 5.16 Å². The average molecular weight is 370 g/mol. The summed E-state index contributed by atoms with van der Waals surface area (Å²) in [5, 5.41) is 33.4. The molecule has 0 saturated heterocycles. The number of carboxylic acids is 1. The van der Waals surface area contributed by atoms with Crippen LogP contribution in [0.3, 0.4) is 0 Å². The second kappa shape index (κ2) is 8.61. The number of ether oxygens (including phenoxy) is 1. The van der Waals surface area contributed by atoms with Crippen LogP contribution >= 0.6 is 0 Å². The molecule has 0 aromatic heterocycles. The van der Waals surface area contributed by atoms with Gasteiger partial charge >= 0.3 is 5.97 Å². The van der Waals surface area contributed by atoms with Crippen molar-refractivity contribution >= 4 is 22.9 Å². The van der Waals surface area contributed by atoms with Gasteiger partial charge in [0.25, 0.3) is 5.69 Å². The molecular weight excluding hydrogens is 352 g/mol. The number of carboxylic acid groups (broad SMARTS) is 1. The van der Waals surface area contributed by atoms with E-state index in [-0.39, 0.29) is 29.2 Å². The van der Waals surface area contributed by atoms with Crippen molar-refractivity contribution in [3.63, 3.8) is 0 Å². The second-order valence-corrected chi connectivity index (χ2v) is 5.64. The Bertz CT molecular complexity index is 933. The number of non-ortho nitro benzene ring substituents is 1. The summed E-state index contributed by atoms with van der Waals surface area (Å²) in [7, 11) is 1.37. The second-order valence-electron chi connectivity index (χ2n) is 5.64. The number of hydrogen-bond donors (Lipinski definition) is 2. The summed E-state index contributed by atoms with van der Waals surface area (Å²) in [6.07, 6.45) is 0.0775. The first kappa shape index (κ1) is 19.6. The molecule has 0 atom stereocenters. The molecule has 140 valence electrons. The van der Waals surface area contributed by atoms with Crippen LogP contribution in [0.15, 0.2) is 59.4 Å². The van der Waals surface area contributed by atoms with Gasteiger partial charge in [-0.05, 0) is 12.5 Å². The molecule has 0 aliphatic heterocycles. The van der Waals surface area contributed by atoms with E-state index in [2.05, 4.69) is 5.16 Å². The molecule has 0 unspecified atom stereocenters. The fourth-order valence-electron chi connectivity index (χ4n) is 2.67. The number of benzene rings is 2. The Labute approximate surface area is 155 Å². The van der Waals surface area contributed by atoms with Crippen molar-refractivity contribution in [1.82, 2.24) is 0 Å². The number of allylic oxidation sites excluding steroid dienone is 1. The first-order chi connectivity index (χ1) is 12.9. The van der Waals surface area contributed by atoms with Gasteiger partial charge in [-0.1, -0.05) is 41.6 Å². The van der Waals surface area contributed by atoms with Crippen molar-refractivity contribution < 1.29 is 24.8 Å². The minimum Gasteiger partial charge on any atom is -0.500 e. The van der Waals surface area contributed by atoms with Crippen LogP contribution in [0.25, 0.3) is 5.57 Å². The van der Waals surface area contributed by atoms with Gasteiger partial charge in [-0.15, -0.1) is 0 Å². The van der Waals surface area contributed by atoms with E-state index >= 15 is 0 Å². The zero-order valence-electron chi connectivity index (χ0n) is 14.7. The zero-order chi connectivity index (χ0) is 20.0. The SMILES string of the molecule is COC(C)=C(C(=O)O)c1ccccc1C(Cc1cccc([N+](=O)[O-])c1)=NO. The average Bonchev–Trinajstić information content (AvgIpc) is 2.66. The Morgan fingerprint density at radius 3 is 2.41 bits per heavy atom. The van der Waals surface area contributed by atoms with Crippen molar-refractivity contribution in [3.05, 3.63) is 81.1 Å². The Balaban J connectivity index is 2.52. The maximum atomic E-state index is 11.7. The normalized spacial score (nSPS) is 12.3. The molecular formula is C19H18N2O6. The Morgan fingerprint density at radius 1 is 1.19 bits per heavy atom. The molecule has 8 nitrogen and oxygen atoms in total. The lowest BCUT2D eigenvalue weighted by molar-refractivity contribution is -0.384. The van der Waals surface area contributed by atoms with E-state index in [9.17, 15) is 25.2 Å².